The van der Waals surface area contributed by atoms with Crippen LogP contribution in [0.25, 0.3) is 0 Å². The standard InChI is InChI=1S/C18H21N3O4S/c1-11-17-14(13-5-3-4-6-15(13)25-2)9-16(22)19-18(17)21(20-11)12-7-8-26(23,24)10-12/h3-6,12,14H,7-10H2,1-2H3,(H,19,22)/t12-,14+/m1/s1. The smallest absolute Gasteiger partial charge is 0.226 e. The Kier molecular flexibility index (Phi) is 4.02. The van der Waals surface area contributed by atoms with Crippen molar-refractivity contribution in [3.63, 3.8) is 0 Å². The summed E-state index contributed by atoms with van der Waals surface area (Å²) < 4.78 is 30.9. The highest BCUT2D eigenvalue weighted by Crippen LogP contribution is 2.43. The molecule has 1 fully saturated rings. The van der Waals surface area contributed by atoms with E-state index in [-0.39, 0.29) is 29.4 Å². The van der Waals surface area contributed by atoms with E-state index in [1.165, 1.54) is 0 Å². The predicted octanol–water partition coefficient (Wildman–Crippen LogP) is 2.03. The van der Waals surface area contributed by atoms with Crippen molar-refractivity contribution in [3.05, 3.63) is 41.1 Å². The third kappa shape index (κ3) is 2.78. The molecule has 0 bridgehead atoms. The number of nitrogens with one attached hydrogen (secondary N) is 1. The van der Waals surface area contributed by atoms with E-state index in [9.17, 15) is 13.2 Å². The molecule has 7 nitrogen and oxygen atoms in total. The topological polar surface area (TPSA) is 90.3 Å². The highest BCUT2D eigenvalue weighted by molar-refractivity contribution is 7.91. The van der Waals surface area contributed by atoms with Gasteiger partial charge in [-0.1, -0.05) is 18.2 Å². The second-order valence-electron chi connectivity index (χ2n) is 6.90. The van der Waals surface area contributed by atoms with E-state index in [4.69, 9.17) is 4.74 Å². The molecule has 2 aliphatic heterocycles. The second kappa shape index (κ2) is 6.12. The summed E-state index contributed by atoms with van der Waals surface area (Å²) in [5.41, 5.74) is 2.69. The van der Waals surface area contributed by atoms with Gasteiger partial charge in [-0.15, -0.1) is 0 Å². The summed E-state index contributed by atoms with van der Waals surface area (Å²) in [6, 6.07) is 7.42. The molecule has 1 aromatic carbocycles. The first-order chi connectivity index (χ1) is 12.4. The number of ether oxygens (including phenoxy) is 1. The lowest BCUT2D eigenvalue weighted by Gasteiger charge is -2.26. The number of hydrogen-bond donors (Lipinski definition) is 1. The number of benzene rings is 1. The van der Waals surface area contributed by atoms with Crippen LogP contribution >= 0.6 is 0 Å². The predicted molar refractivity (Wildman–Crippen MR) is 97.4 cm³/mol. The maximum atomic E-state index is 12.4. The molecule has 2 atom stereocenters. The number of carbonyl (C=O) groups is 1. The fourth-order valence-corrected chi connectivity index (χ4v) is 5.72. The number of para-hydroxylation sites is 1. The van der Waals surface area contributed by atoms with Crippen LogP contribution in [-0.4, -0.2) is 42.7 Å². The van der Waals surface area contributed by atoms with Crippen LogP contribution in [-0.2, 0) is 14.6 Å². The number of amides is 1. The second-order valence-corrected chi connectivity index (χ2v) is 9.12. The number of rotatable bonds is 3. The van der Waals surface area contributed by atoms with Crippen molar-refractivity contribution in [1.29, 1.82) is 0 Å². The number of methoxy groups -OCH3 is 1. The minimum atomic E-state index is -3.04. The molecule has 26 heavy (non-hydrogen) atoms. The number of aromatic nitrogens is 2. The zero-order valence-corrected chi connectivity index (χ0v) is 15.5. The van der Waals surface area contributed by atoms with Crippen LogP contribution in [0.1, 0.15) is 41.6 Å². The molecular formula is C18H21N3O4S. The van der Waals surface area contributed by atoms with E-state index >= 15 is 0 Å². The van der Waals surface area contributed by atoms with Gasteiger partial charge >= 0.3 is 0 Å². The first-order valence-corrected chi connectivity index (χ1v) is 10.4. The van der Waals surface area contributed by atoms with Crippen molar-refractivity contribution in [2.24, 2.45) is 0 Å². The fourth-order valence-electron chi connectivity index (χ4n) is 4.02. The first kappa shape index (κ1) is 17.1. The van der Waals surface area contributed by atoms with Gasteiger partial charge < -0.3 is 10.1 Å². The van der Waals surface area contributed by atoms with Gasteiger partial charge in [0.2, 0.25) is 5.91 Å². The monoisotopic (exact) mass is 375 g/mol. The Morgan fingerprint density at radius 2 is 2.08 bits per heavy atom. The summed E-state index contributed by atoms with van der Waals surface area (Å²) in [7, 11) is -1.43. The van der Waals surface area contributed by atoms with E-state index in [2.05, 4.69) is 10.4 Å². The average Bonchev–Trinajstić information content (AvgIpc) is 3.13. The molecule has 138 valence electrons. The van der Waals surface area contributed by atoms with Crippen LogP contribution in [0, 0.1) is 6.92 Å². The molecule has 2 aliphatic rings. The van der Waals surface area contributed by atoms with Crippen molar-refractivity contribution in [2.45, 2.75) is 31.7 Å². The number of nitrogens with zero attached hydrogens (tertiary/aromatic N) is 2. The molecular weight excluding hydrogens is 354 g/mol. The fraction of sp³-hybridized carbons (Fsp3) is 0.444. The summed E-state index contributed by atoms with van der Waals surface area (Å²) >= 11 is 0. The Bertz CT molecular complexity index is 980. The van der Waals surface area contributed by atoms with Crippen molar-refractivity contribution in [1.82, 2.24) is 9.78 Å². The van der Waals surface area contributed by atoms with Crippen molar-refractivity contribution in [2.75, 3.05) is 23.9 Å². The lowest BCUT2D eigenvalue weighted by molar-refractivity contribution is -0.116. The van der Waals surface area contributed by atoms with Gasteiger partial charge in [0.1, 0.15) is 11.6 Å². The lowest BCUT2D eigenvalue weighted by atomic mass is 9.85. The minimum absolute atomic E-state index is 0.0652. The number of sulfone groups is 1. The van der Waals surface area contributed by atoms with E-state index in [0.717, 1.165) is 22.6 Å². The Hall–Kier alpha value is -2.35. The van der Waals surface area contributed by atoms with Crippen LogP contribution in [0.5, 0.6) is 5.75 Å². The third-order valence-electron chi connectivity index (χ3n) is 5.20. The molecule has 3 heterocycles. The molecule has 8 heteroatoms. The maximum Gasteiger partial charge on any atom is 0.226 e. The molecule has 4 rings (SSSR count). The van der Waals surface area contributed by atoms with Gasteiger partial charge in [-0.25, -0.2) is 13.1 Å². The van der Waals surface area contributed by atoms with E-state index in [0.29, 0.717) is 18.7 Å². The summed E-state index contributed by atoms with van der Waals surface area (Å²) in [5.74, 6) is 1.31. The van der Waals surface area contributed by atoms with Crippen LogP contribution in [0.4, 0.5) is 5.82 Å². The van der Waals surface area contributed by atoms with Crippen molar-refractivity contribution in [3.8, 4) is 5.75 Å². The average molecular weight is 375 g/mol. The van der Waals surface area contributed by atoms with Gasteiger partial charge in [0, 0.05) is 23.5 Å². The van der Waals surface area contributed by atoms with Gasteiger partial charge in [-0.2, -0.15) is 5.10 Å². The molecule has 0 radical (unpaired) electrons. The quantitative estimate of drug-likeness (QED) is 0.886. The van der Waals surface area contributed by atoms with Gasteiger partial charge in [-0.05, 0) is 19.4 Å². The van der Waals surface area contributed by atoms with Gasteiger partial charge in [0.15, 0.2) is 9.84 Å². The number of aryl methyl sites for hydroxylation is 1. The highest BCUT2D eigenvalue weighted by Gasteiger charge is 2.37. The molecule has 0 saturated carbocycles. The molecule has 2 aromatic rings. The molecule has 0 spiro atoms. The van der Waals surface area contributed by atoms with E-state index < -0.39 is 9.84 Å². The van der Waals surface area contributed by atoms with Crippen LogP contribution in [0.3, 0.4) is 0 Å². The highest BCUT2D eigenvalue weighted by atomic mass is 32.2. The van der Waals surface area contributed by atoms with Crippen LogP contribution in [0.15, 0.2) is 24.3 Å². The van der Waals surface area contributed by atoms with E-state index in [1.54, 1.807) is 11.8 Å². The van der Waals surface area contributed by atoms with Gasteiger partial charge in [0.05, 0.1) is 30.4 Å². The summed E-state index contributed by atoms with van der Waals surface area (Å²) in [6.45, 7) is 1.90. The molecule has 0 aliphatic carbocycles. The molecule has 1 saturated heterocycles. The number of hydrogen-bond acceptors (Lipinski definition) is 5. The van der Waals surface area contributed by atoms with Crippen LogP contribution in [0.2, 0.25) is 0 Å². The Balaban J connectivity index is 1.83. The summed E-state index contributed by atoms with van der Waals surface area (Å²) in [4.78, 5) is 12.4. The van der Waals surface area contributed by atoms with Crippen molar-refractivity contribution < 1.29 is 17.9 Å². The number of carbonyl (C=O) groups excluding carboxylic acids is 1. The minimum Gasteiger partial charge on any atom is -0.496 e. The molecule has 1 amide bonds. The first-order valence-electron chi connectivity index (χ1n) is 8.62. The molecule has 0 unspecified atom stereocenters. The Morgan fingerprint density at radius 3 is 2.77 bits per heavy atom. The van der Waals surface area contributed by atoms with Crippen LogP contribution < -0.4 is 10.1 Å². The SMILES string of the molecule is COc1ccccc1[C@@H]1CC(=O)Nc2c1c(C)nn2[C@@H]1CCS(=O)(=O)C1. The van der Waals surface area contributed by atoms with Gasteiger partial charge in [-0.3, -0.25) is 4.79 Å². The Morgan fingerprint density at radius 1 is 1.31 bits per heavy atom. The van der Waals surface area contributed by atoms with E-state index in [1.807, 2.05) is 31.2 Å². The zero-order chi connectivity index (χ0) is 18.5. The van der Waals surface area contributed by atoms with Crippen molar-refractivity contribution >= 4 is 21.6 Å². The zero-order valence-electron chi connectivity index (χ0n) is 14.7. The number of fused-ring (bicyclic) bond motifs is 1. The molecule has 1 aromatic heterocycles. The molecule has 1 N–H and O–H groups in total. The Labute approximate surface area is 152 Å². The number of anilines is 1. The maximum absolute atomic E-state index is 12.4. The van der Waals surface area contributed by atoms with Gasteiger partial charge in [0.25, 0.3) is 0 Å². The normalized spacial score (nSPS) is 24.2. The summed E-state index contributed by atoms with van der Waals surface area (Å²) in [6.07, 6.45) is 0.827. The summed E-state index contributed by atoms with van der Waals surface area (Å²) in [5, 5.41) is 7.52. The largest absolute Gasteiger partial charge is 0.496 e. The lowest BCUT2D eigenvalue weighted by Crippen LogP contribution is -2.26. The third-order valence-corrected chi connectivity index (χ3v) is 6.95.